The normalized spacial score (nSPS) is 17.6. The molecule has 1 saturated heterocycles. The molecule has 0 spiro atoms. The molecule has 2 aromatic rings. The molecule has 1 atom stereocenters. The first kappa shape index (κ1) is 13.3. The predicted molar refractivity (Wildman–Crippen MR) is 78.5 cm³/mol. The van der Waals surface area contributed by atoms with Gasteiger partial charge in [0.2, 0.25) is 0 Å². The molecular formula is C15H15N5O. The lowest BCUT2D eigenvalue weighted by Gasteiger charge is -2.13. The smallest absolute Gasteiger partial charge is 0.165 e. The van der Waals surface area contributed by atoms with Crippen molar-refractivity contribution in [3.05, 3.63) is 35.5 Å². The Labute approximate surface area is 122 Å². The molecule has 6 heteroatoms. The minimum atomic E-state index is 0.0945. The van der Waals surface area contributed by atoms with Crippen molar-refractivity contribution in [3.63, 3.8) is 0 Å². The largest absolute Gasteiger partial charge is 0.507 e. The minimum absolute atomic E-state index is 0.0945. The van der Waals surface area contributed by atoms with Crippen LogP contribution < -0.4 is 11.1 Å². The summed E-state index contributed by atoms with van der Waals surface area (Å²) >= 11 is 0. The van der Waals surface area contributed by atoms with Crippen molar-refractivity contribution in [2.24, 2.45) is 0 Å². The van der Waals surface area contributed by atoms with E-state index in [4.69, 9.17) is 5.73 Å². The Morgan fingerprint density at radius 2 is 2.14 bits per heavy atom. The fourth-order valence-corrected chi connectivity index (χ4v) is 2.58. The number of anilines is 1. The van der Waals surface area contributed by atoms with E-state index in [1.165, 1.54) is 0 Å². The molecule has 1 aliphatic heterocycles. The average Bonchev–Trinajstić information content (AvgIpc) is 3.01. The van der Waals surface area contributed by atoms with Crippen molar-refractivity contribution in [2.75, 3.05) is 18.8 Å². The molecule has 2 heterocycles. The van der Waals surface area contributed by atoms with Crippen LogP contribution in [0.1, 0.15) is 23.6 Å². The van der Waals surface area contributed by atoms with Gasteiger partial charge in [-0.3, -0.25) is 0 Å². The summed E-state index contributed by atoms with van der Waals surface area (Å²) in [6.07, 6.45) is 0.908. The number of nitrogens with two attached hydrogens (primary N) is 1. The number of aromatic nitrogens is 2. The standard InChI is InChI=1S/C15H15N5O/c16-7-11-13(9-5-6-18-8-9)19-15(20-14(11)17)10-3-1-2-4-12(10)21/h1-4,9,18,21H,5-6,8H2,(H2,17,19,20). The highest BCUT2D eigenvalue weighted by Crippen LogP contribution is 2.31. The van der Waals surface area contributed by atoms with Crippen LogP contribution in [-0.2, 0) is 0 Å². The number of hydrogen-bond acceptors (Lipinski definition) is 6. The highest BCUT2D eigenvalue weighted by Gasteiger charge is 2.24. The van der Waals surface area contributed by atoms with E-state index in [-0.39, 0.29) is 17.5 Å². The van der Waals surface area contributed by atoms with E-state index in [0.29, 0.717) is 22.6 Å². The van der Waals surface area contributed by atoms with Gasteiger partial charge in [0.25, 0.3) is 0 Å². The van der Waals surface area contributed by atoms with Crippen LogP contribution in [0.5, 0.6) is 5.75 Å². The molecule has 1 fully saturated rings. The van der Waals surface area contributed by atoms with Gasteiger partial charge in [0.05, 0.1) is 11.3 Å². The lowest BCUT2D eigenvalue weighted by atomic mass is 9.99. The maximum Gasteiger partial charge on any atom is 0.165 e. The molecule has 1 aliphatic rings. The number of aromatic hydroxyl groups is 1. The van der Waals surface area contributed by atoms with E-state index in [0.717, 1.165) is 19.5 Å². The quantitative estimate of drug-likeness (QED) is 0.767. The number of hydrogen-bond donors (Lipinski definition) is 3. The lowest BCUT2D eigenvalue weighted by Crippen LogP contribution is -2.13. The minimum Gasteiger partial charge on any atom is -0.507 e. The Morgan fingerprint density at radius 1 is 1.33 bits per heavy atom. The second kappa shape index (κ2) is 5.38. The van der Waals surface area contributed by atoms with Crippen LogP contribution in [0.3, 0.4) is 0 Å². The fourth-order valence-electron chi connectivity index (χ4n) is 2.58. The van der Waals surface area contributed by atoms with Crippen LogP contribution in [0.4, 0.5) is 5.82 Å². The van der Waals surface area contributed by atoms with Gasteiger partial charge in [0, 0.05) is 12.5 Å². The second-order valence-corrected chi connectivity index (χ2v) is 5.01. The molecule has 0 bridgehead atoms. The van der Waals surface area contributed by atoms with Crippen molar-refractivity contribution >= 4 is 5.82 Å². The average molecular weight is 281 g/mol. The van der Waals surface area contributed by atoms with Crippen molar-refractivity contribution in [2.45, 2.75) is 12.3 Å². The maximum absolute atomic E-state index is 9.94. The topological polar surface area (TPSA) is 108 Å². The summed E-state index contributed by atoms with van der Waals surface area (Å²) in [7, 11) is 0. The van der Waals surface area contributed by atoms with E-state index in [1.54, 1.807) is 24.3 Å². The third-order valence-corrected chi connectivity index (χ3v) is 3.67. The summed E-state index contributed by atoms with van der Waals surface area (Å²) in [4.78, 5) is 8.67. The van der Waals surface area contributed by atoms with Gasteiger partial charge >= 0.3 is 0 Å². The monoisotopic (exact) mass is 281 g/mol. The highest BCUT2D eigenvalue weighted by molar-refractivity contribution is 5.66. The van der Waals surface area contributed by atoms with Gasteiger partial charge in [-0.25, -0.2) is 9.97 Å². The summed E-state index contributed by atoms with van der Waals surface area (Å²) in [6, 6.07) is 8.92. The van der Waals surface area contributed by atoms with Crippen molar-refractivity contribution in [1.82, 2.24) is 15.3 Å². The van der Waals surface area contributed by atoms with Crippen LogP contribution in [0.2, 0.25) is 0 Å². The summed E-state index contributed by atoms with van der Waals surface area (Å²) in [5.74, 6) is 0.755. The first-order chi connectivity index (χ1) is 10.2. The molecule has 1 aromatic carbocycles. The number of para-hydroxylation sites is 1. The number of nitrogen functional groups attached to an aromatic ring is 1. The molecule has 1 aromatic heterocycles. The first-order valence-corrected chi connectivity index (χ1v) is 6.77. The molecule has 21 heavy (non-hydrogen) atoms. The molecule has 0 aliphatic carbocycles. The van der Waals surface area contributed by atoms with Crippen LogP contribution in [0.15, 0.2) is 24.3 Å². The summed E-state index contributed by atoms with van der Waals surface area (Å²) < 4.78 is 0. The molecule has 6 nitrogen and oxygen atoms in total. The van der Waals surface area contributed by atoms with Crippen LogP contribution >= 0.6 is 0 Å². The number of phenolic OH excluding ortho intramolecular Hbond substituents is 1. The van der Waals surface area contributed by atoms with Crippen LogP contribution in [0.25, 0.3) is 11.4 Å². The number of nitriles is 1. The van der Waals surface area contributed by atoms with E-state index in [1.807, 2.05) is 0 Å². The van der Waals surface area contributed by atoms with Gasteiger partial charge in [-0.2, -0.15) is 5.26 Å². The van der Waals surface area contributed by atoms with Crippen LogP contribution in [-0.4, -0.2) is 28.2 Å². The van der Waals surface area contributed by atoms with E-state index < -0.39 is 0 Å². The third kappa shape index (κ3) is 2.39. The van der Waals surface area contributed by atoms with E-state index >= 15 is 0 Å². The Kier molecular flexibility index (Phi) is 3.42. The number of nitrogens with one attached hydrogen (secondary N) is 1. The fraction of sp³-hybridized carbons (Fsp3) is 0.267. The zero-order valence-electron chi connectivity index (χ0n) is 11.4. The Hall–Kier alpha value is -2.65. The Balaban J connectivity index is 2.16. The SMILES string of the molecule is N#Cc1c(N)nc(-c2ccccc2O)nc1C1CCNC1. The lowest BCUT2D eigenvalue weighted by molar-refractivity contribution is 0.477. The van der Waals surface area contributed by atoms with E-state index in [2.05, 4.69) is 21.4 Å². The van der Waals surface area contributed by atoms with Crippen molar-refractivity contribution < 1.29 is 5.11 Å². The number of benzene rings is 1. The maximum atomic E-state index is 9.94. The first-order valence-electron chi connectivity index (χ1n) is 6.77. The Bertz CT molecular complexity index is 716. The van der Waals surface area contributed by atoms with Gasteiger partial charge in [-0.1, -0.05) is 12.1 Å². The van der Waals surface area contributed by atoms with Gasteiger partial charge < -0.3 is 16.2 Å². The van der Waals surface area contributed by atoms with Crippen LogP contribution in [0, 0.1) is 11.3 Å². The van der Waals surface area contributed by atoms with Gasteiger partial charge in [-0.05, 0) is 25.1 Å². The third-order valence-electron chi connectivity index (χ3n) is 3.67. The summed E-state index contributed by atoms with van der Waals surface area (Å²) in [5.41, 5.74) is 7.42. The van der Waals surface area contributed by atoms with Crippen molar-refractivity contribution in [1.29, 1.82) is 5.26 Å². The molecule has 4 N–H and O–H groups in total. The zero-order valence-corrected chi connectivity index (χ0v) is 11.4. The molecule has 0 amide bonds. The molecule has 106 valence electrons. The second-order valence-electron chi connectivity index (χ2n) is 5.01. The number of phenols is 1. The van der Waals surface area contributed by atoms with Gasteiger partial charge in [0.1, 0.15) is 23.2 Å². The highest BCUT2D eigenvalue weighted by atomic mass is 16.3. The predicted octanol–water partition coefficient (Wildman–Crippen LogP) is 1.38. The molecule has 3 rings (SSSR count). The Morgan fingerprint density at radius 3 is 2.81 bits per heavy atom. The summed E-state index contributed by atoms with van der Waals surface area (Å²) in [6.45, 7) is 1.66. The number of rotatable bonds is 2. The number of nitrogens with zero attached hydrogens (tertiary/aromatic N) is 3. The zero-order chi connectivity index (χ0) is 14.8. The molecule has 1 unspecified atom stereocenters. The van der Waals surface area contributed by atoms with Gasteiger partial charge in [0.15, 0.2) is 5.82 Å². The van der Waals surface area contributed by atoms with Gasteiger partial charge in [-0.15, -0.1) is 0 Å². The molecule has 0 radical (unpaired) electrons. The van der Waals surface area contributed by atoms with Crippen molar-refractivity contribution in [3.8, 4) is 23.2 Å². The molecular weight excluding hydrogens is 266 g/mol. The summed E-state index contributed by atoms with van der Waals surface area (Å²) in [5, 5.41) is 22.5. The molecule has 0 saturated carbocycles. The van der Waals surface area contributed by atoms with E-state index in [9.17, 15) is 10.4 Å².